The van der Waals surface area contributed by atoms with Gasteiger partial charge >= 0.3 is 0 Å². The number of pyridine rings is 1. The van der Waals surface area contributed by atoms with E-state index in [9.17, 15) is 27.9 Å². The van der Waals surface area contributed by atoms with E-state index < -0.39 is 38.6 Å². The van der Waals surface area contributed by atoms with Crippen LogP contribution in [0.1, 0.15) is 55.5 Å². The molecule has 0 bridgehead atoms. The van der Waals surface area contributed by atoms with E-state index >= 15 is 0 Å². The molecule has 1 amide bonds. The first kappa shape index (κ1) is 42.5. The molecule has 17 heteroatoms. The summed E-state index contributed by atoms with van der Waals surface area (Å²) in [5.41, 5.74) is 6.40. The van der Waals surface area contributed by atoms with Crippen molar-refractivity contribution in [2.45, 2.75) is 44.4 Å². The van der Waals surface area contributed by atoms with Crippen LogP contribution < -0.4 is 24.6 Å². The highest BCUT2D eigenvalue weighted by Crippen LogP contribution is 2.44. The number of benzene rings is 3. The number of nitrogens with zero attached hydrogens (tertiary/aromatic N) is 5. The molecule has 8 rings (SSSR count). The Bertz CT molecular complexity index is 2720. The lowest BCUT2D eigenvalue weighted by molar-refractivity contribution is -0.383. The number of nitrogens with one attached hydrogen (secondary N) is 2. The number of halogens is 1. The zero-order chi connectivity index (χ0) is 43.3. The number of H-pyrrole nitrogens is 1. The fourth-order valence-corrected chi connectivity index (χ4v) is 10.8. The molecule has 320 valence electrons. The molecular formula is C44H49ClN7O7PS. The number of carbonyl (C=O) groups is 1. The smallest absolute Gasteiger partial charge is 0.281 e. The molecule has 2 N–H and O–H groups in total. The van der Waals surface area contributed by atoms with Crippen molar-refractivity contribution < 1.29 is 27.4 Å². The Labute approximate surface area is 360 Å². The Hall–Kier alpha value is -5.21. The Balaban J connectivity index is 1.10. The molecule has 1 aliphatic carbocycles. The summed E-state index contributed by atoms with van der Waals surface area (Å²) in [7, 11) is -7.75. The van der Waals surface area contributed by atoms with Gasteiger partial charge in [-0.05, 0) is 110 Å². The van der Waals surface area contributed by atoms with Crippen LogP contribution in [0.5, 0.6) is 5.88 Å². The number of fused-ring (bicyclic) bond motifs is 2. The average molecular weight is 886 g/mol. The number of ether oxygens (including phenoxy) is 1. The number of amides is 1. The SMILES string of the molecule is CC1(C)CCC(CN2CCN(c3ccc(C(=O)NS(=O)(=O)c4ccc(P(C)(C)=O)c([N+](=O)[O-])c4)c(N4CCCOc5nc6[nH]ccc6cc54)c3)CC2)=C(c2ccc(Cl)cc2)C1. The van der Waals surface area contributed by atoms with Crippen molar-refractivity contribution in [1.29, 1.82) is 0 Å². The van der Waals surface area contributed by atoms with Gasteiger partial charge in [0.2, 0.25) is 5.88 Å². The molecule has 0 spiro atoms. The topological polar surface area (TPSA) is 171 Å². The Morgan fingerprint density at radius 1 is 1.00 bits per heavy atom. The summed E-state index contributed by atoms with van der Waals surface area (Å²) in [5, 5.41) is 13.4. The van der Waals surface area contributed by atoms with Gasteiger partial charge in [0.15, 0.2) is 0 Å². The maximum absolute atomic E-state index is 14.2. The highest BCUT2D eigenvalue weighted by molar-refractivity contribution is 7.90. The number of rotatable bonds is 10. The van der Waals surface area contributed by atoms with Gasteiger partial charge in [0, 0.05) is 67.6 Å². The van der Waals surface area contributed by atoms with Gasteiger partial charge in [-0.1, -0.05) is 43.2 Å². The largest absolute Gasteiger partial charge is 0.476 e. The zero-order valence-electron chi connectivity index (χ0n) is 34.6. The molecule has 2 aliphatic heterocycles. The van der Waals surface area contributed by atoms with Crippen molar-refractivity contribution >= 4 is 79.3 Å². The molecule has 61 heavy (non-hydrogen) atoms. The predicted molar refractivity (Wildman–Crippen MR) is 241 cm³/mol. The highest BCUT2D eigenvalue weighted by atomic mass is 35.5. The molecule has 0 saturated carbocycles. The van der Waals surface area contributed by atoms with Crippen LogP contribution in [0, 0.1) is 15.5 Å². The second kappa shape index (κ2) is 16.6. The number of anilines is 3. The van der Waals surface area contributed by atoms with Crippen LogP contribution in [0.2, 0.25) is 5.02 Å². The van der Waals surface area contributed by atoms with Gasteiger partial charge in [0.25, 0.3) is 21.6 Å². The number of piperazine rings is 1. The van der Waals surface area contributed by atoms with Gasteiger partial charge < -0.3 is 24.1 Å². The molecule has 14 nitrogen and oxygen atoms in total. The van der Waals surface area contributed by atoms with Gasteiger partial charge in [-0.15, -0.1) is 0 Å². The van der Waals surface area contributed by atoms with E-state index in [-0.39, 0.29) is 16.3 Å². The monoisotopic (exact) mass is 885 g/mol. The lowest BCUT2D eigenvalue weighted by Crippen LogP contribution is -2.47. The molecule has 1 saturated heterocycles. The molecule has 5 aromatic rings. The summed E-state index contributed by atoms with van der Waals surface area (Å²) < 4.78 is 48.5. The number of hydrogen-bond acceptors (Lipinski definition) is 11. The third-order valence-electron chi connectivity index (χ3n) is 11.8. The first-order valence-corrected chi connectivity index (χ1v) is 24.8. The third kappa shape index (κ3) is 9.06. The van der Waals surface area contributed by atoms with E-state index in [1.54, 1.807) is 12.3 Å². The standard InChI is InChI=1S/C44H49ClN7O7PS/c1-44(2)16-14-31(36(27-44)29-6-8-32(45)9-7-29)28-49-19-21-50(22-20-49)33-10-12-35(37(25-33)51-18-5-23-59-43-39(51)24-30-15-17-46-41(30)47-43)42(53)48-61(57,58)34-11-13-40(60(3,4)56)38(26-34)52(54)55/h6-13,15,17,24-26H,5,14,16,18-23,27-28H2,1-4H3,(H,46,47)(H,48,53). The minimum absolute atomic E-state index is 0.0634. The van der Waals surface area contributed by atoms with E-state index in [2.05, 4.69) is 45.5 Å². The molecule has 2 aromatic heterocycles. The fraction of sp³-hybridized carbons (Fsp3) is 0.364. The first-order valence-electron chi connectivity index (χ1n) is 20.3. The van der Waals surface area contributed by atoms with Crippen molar-refractivity contribution in [2.75, 3.05) is 69.0 Å². The minimum Gasteiger partial charge on any atom is -0.476 e. The van der Waals surface area contributed by atoms with Crippen molar-refractivity contribution in [3.05, 3.63) is 111 Å². The van der Waals surface area contributed by atoms with Crippen LogP contribution >= 0.6 is 18.7 Å². The van der Waals surface area contributed by atoms with Gasteiger partial charge in [0.05, 0.1) is 33.0 Å². The fourth-order valence-electron chi connectivity index (χ4n) is 8.55. The van der Waals surface area contributed by atoms with E-state index in [1.165, 1.54) is 36.1 Å². The summed E-state index contributed by atoms with van der Waals surface area (Å²) in [4.78, 5) is 39.5. The van der Waals surface area contributed by atoms with Gasteiger partial charge in [0.1, 0.15) is 18.5 Å². The number of hydrogen-bond donors (Lipinski definition) is 2. The van der Waals surface area contributed by atoms with Crippen LogP contribution in [0.4, 0.5) is 22.7 Å². The number of nitro groups is 1. The maximum Gasteiger partial charge on any atom is 0.281 e. The van der Waals surface area contributed by atoms with E-state index in [4.69, 9.17) is 21.3 Å². The van der Waals surface area contributed by atoms with Crippen molar-refractivity contribution in [3.63, 3.8) is 0 Å². The van der Waals surface area contributed by atoms with Crippen molar-refractivity contribution in [3.8, 4) is 5.88 Å². The average Bonchev–Trinajstić information content (AvgIpc) is 3.58. The molecule has 3 aromatic carbocycles. The second-order valence-corrected chi connectivity index (χ2v) is 22.5. The summed E-state index contributed by atoms with van der Waals surface area (Å²) >= 11 is 6.25. The van der Waals surface area contributed by atoms with Crippen molar-refractivity contribution in [2.24, 2.45) is 5.41 Å². The predicted octanol–water partition coefficient (Wildman–Crippen LogP) is 8.20. The number of allylic oxidation sites excluding steroid dienone is 1. The van der Waals surface area contributed by atoms with Crippen LogP contribution in [-0.2, 0) is 14.6 Å². The molecule has 0 atom stereocenters. The number of nitro benzene ring substituents is 1. The van der Waals surface area contributed by atoms with E-state index in [0.29, 0.717) is 42.5 Å². The summed E-state index contributed by atoms with van der Waals surface area (Å²) in [6.07, 6.45) is 5.56. The van der Waals surface area contributed by atoms with Crippen LogP contribution in [0.3, 0.4) is 0 Å². The Morgan fingerprint density at radius 3 is 2.48 bits per heavy atom. The summed E-state index contributed by atoms with van der Waals surface area (Å²) in [5.74, 6) is -0.544. The Morgan fingerprint density at radius 2 is 1.75 bits per heavy atom. The summed E-state index contributed by atoms with van der Waals surface area (Å²) in [6.45, 7) is 12.2. The first-order chi connectivity index (χ1) is 29.0. The zero-order valence-corrected chi connectivity index (χ0v) is 37.1. The highest BCUT2D eigenvalue weighted by Gasteiger charge is 2.33. The second-order valence-electron chi connectivity index (χ2n) is 17.2. The van der Waals surface area contributed by atoms with Crippen LogP contribution in [0.25, 0.3) is 16.6 Å². The minimum atomic E-state index is -4.62. The molecule has 4 heterocycles. The van der Waals surface area contributed by atoms with Crippen LogP contribution in [0.15, 0.2) is 89.5 Å². The number of sulfonamides is 1. The number of aromatic nitrogens is 2. The molecule has 3 aliphatic rings. The van der Waals surface area contributed by atoms with Crippen LogP contribution in [-0.4, -0.2) is 93.3 Å². The Kier molecular flexibility index (Phi) is 11.5. The molecular weight excluding hydrogens is 837 g/mol. The quantitative estimate of drug-likeness (QED) is 0.0787. The third-order valence-corrected chi connectivity index (χ3v) is 15.0. The number of aromatic amines is 1. The molecule has 0 radical (unpaired) electrons. The van der Waals surface area contributed by atoms with Gasteiger partial charge in [-0.3, -0.25) is 19.8 Å². The van der Waals surface area contributed by atoms with Crippen molar-refractivity contribution in [1.82, 2.24) is 19.6 Å². The molecule has 1 fully saturated rings. The lowest BCUT2D eigenvalue weighted by Gasteiger charge is -2.39. The van der Waals surface area contributed by atoms with Gasteiger partial charge in [-0.25, -0.2) is 13.1 Å². The lowest BCUT2D eigenvalue weighted by atomic mass is 9.72. The van der Waals surface area contributed by atoms with E-state index in [0.717, 1.165) is 80.2 Å². The van der Waals surface area contributed by atoms with E-state index in [1.807, 2.05) is 41.3 Å². The maximum atomic E-state index is 14.2. The van der Waals surface area contributed by atoms with Gasteiger partial charge in [-0.2, -0.15) is 4.98 Å². The normalized spacial score (nSPS) is 17.5. The molecule has 0 unspecified atom stereocenters. The number of carbonyl (C=O) groups excluding carboxylic acids is 1. The summed E-state index contributed by atoms with van der Waals surface area (Å²) in [6, 6.07) is 20.5.